The van der Waals surface area contributed by atoms with Crippen LogP contribution in [0.25, 0.3) is 54.5 Å². The third-order valence-corrected chi connectivity index (χ3v) is 6.24. The maximum Gasteiger partial charge on any atom is 0.0968 e. The van der Waals surface area contributed by atoms with Gasteiger partial charge in [-0.3, -0.25) is 4.98 Å². The summed E-state index contributed by atoms with van der Waals surface area (Å²) < 4.78 is 0. The van der Waals surface area contributed by atoms with Gasteiger partial charge in [0, 0.05) is 29.0 Å². The van der Waals surface area contributed by atoms with Gasteiger partial charge in [0.05, 0.1) is 16.7 Å². The molecule has 4 aromatic carbocycles. The second kappa shape index (κ2) is 5.39. The van der Waals surface area contributed by atoms with Gasteiger partial charge in [-0.05, 0) is 56.9 Å². The summed E-state index contributed by atoms with van der Waals surface area (Å²) in [6.45, 7) is 0. The summed E-state index contributed by atoms with van der Waals surface area (Å²) in [7, 11) is 0. The van der Waals surface area contributed by atoms with Gasteiger partial charge in [0.25, 0.3) is 0 Å². The molecule has 29 heavy (non-hydrogen) atoms. The molecule has 2 nitrogen and oxygen atoms in total. The topological polar surface area (TPSA) is 25.8 Å². The van der Waals surface area contributed by atoms with Gasteiger partial charge in [0.1, 0.15) is 0 Å². The van der Waals surface area contributed by atoms with Crippen molar-refractivity contribution in [3.05, 3.63) is 96.3 Å². The van der Waals surface area contributed by atoms with E-state index >= 15 is 0 Å². The number of fused-ring (bicyclic) bond motifs is 9. The number of aromatic nitrogens is 2. The number of pyridine rings is 2. The molecule has 0 spiro atoms. The average molecular weight is 368 g/mol. The summed E-state index contributed by atoms with van der Waals surface area (Å²) in [4.78, 5) is 9.71. The number of rotatable bonds is 0. The predicted molar refractivity (Wildman–Crippen MR) is 120 cm³/mol. The zero-order valence-corrected chi connectivity index (χ0v) is 15.7. The summed E-state index contributed by atoms with van der Waals surface area (Å²) in [5.74, 6) is 0. The lowest BCUT2D eigenvalue weighted by Crippen LogP contribution is -1.91. The van der Waals surface area contributed by atoms with Crippen LogP contribution in [0.1, 0.15) is 11.3 Å². The summed E-state index contributed by atoms with van der Waals surface area (Å²) in [5, 5.41) is 7.47. The maximum absolute atomic E-state index is 5.11. The van der Waals surface area contributed by atoms with Crippen molar-refractivity contribution in [3.63, 3.8) is 0 Å². The standard InChI is InChI=1S/C27H16N2/c1-2-5-18-13-22-19(12-17(18)4-1)8-9-20-15-24-23(25(20)22)14-21-10-7-16-6-3-11-28-26(16)27(21)29-24/h1-14H,15H2. The molecule has 0 saturated carbocycles. The van der Waals surface area contributed by atoms with Crippen LogP contribution in [0.5, 0.6) is 0 Å². The largest absolute Gasteiger partial charge is 0.254 e. The third kappa shape index (κ3) is 2.06. The summed E-state index contributed by atoms with van der Waals surface area (Å²) in [6, 6.07) is 28.5. The molecule has 2 heteroatoms. The van der Waals surface area contributed by atoms with Crippen LogP contribution in [0.3, 0.4) is 0 Å². The molecule has 0 atom stereocenters. The number of hydrogen-bond donors (Lipinski definition) is 0. The van der Waals surface area contributed by atoms with E-state index in [9.17, 15) is 0 Å². The van der Waals surface area contributed by atoms with Gasteiger partial charge in [-0.1, -0.05) is 54.6 Å². The van der Waals surface area contributed by atoms with Gasteiger partial charge in [-0.2, -0.15) is 0 Å². The lowest BCUT2D eigenvalue weighted by Gasteiger charge is -2.10. The second-order valence-corrected chi connectivity index (χ2v) is 7.89. The minimum atomic E-state index is 0.882. The van der Waals surface area contributed by atoms with E-state index in [2.05, 4.69) is 77.8 Å². The van der Waals surface area contributed by atoms with E-state index in [-0.39, 0.29) is 0 Å². The Kier molecular flexibility index (Phi) is 2.82. The molecule has 2 aromatic heterocycles. The first-order valence-electron chi connectivity index (χ1n) is 9.97. The summed E-state index contributed by atoms with van der Waals surface area (Å²) >= 11 is 0. The first kappa shape index (κ1) is 15.2. The van der Waals surface area contributed by atoms with Crippen molar-refractivity contribution >= 4 is 43.4 Å². The van der Waals surface area contributed by atoms with E-state index in [1.807, 2.05) is 12.3 Å². The molecule has 1 aliphatic rings. The minimum Gasteiger partial charge on any atom is -0.254 e. The monoisotopic (exact) mass is 368 g/mol. The van der Waals surface area contributed by atoms with E-state index in [0.717, 1.165) is 33.9 Å². The van der Waals surface area contributed by atoms with Gasteiger partial charge in [-0.25, -0.2) is 4.98 Å². The molecule has 0 unspecified atom stereocenters. The zero-order valence-electron chi connectivity index (χ0n) is 15.7. The van der Waals surface area contributed by atoms with E-state index in [1.54, 1.807) is 0 Å². The number of hydrogen-bond acceptors (Lipinski definition) is 2. The quantitative estimate of drug-likeness (QED) is 0.221. The highest BCUT2D eigenvalue weighted by Crippen LogP contribution is 2.43. The Balaban J connectivity index is 1.57. The highest BCUT2D eigenvalue weighted by molar-refractivity contribution is 6.10. The van der Waals surface area contributed by atoms with Crippen LogP contribution in [-0.4, -0.2) is 9.97 Å². The molecule has 134 valence electrons. The highest BCUT2D eigenvalue weighted by atomic mass is 14.8. The summed E-state index contributed by atoms with van der Waals surface area (Å²) in [6.07, 6.45) is 2.73. The van der Waals surface area contributed by atoms with Crippen molar-refractivity contribution in [2.24, 2.45) is 0 Å². The Morgan fingerprint density at radius 2 is 1.41 bits per heavy atom. The van der Waals surface area contributed by atoms with Crippen LogP contribution in [0.15, 0.2) is 85.1 Å². The van der Waals surface area contributed by atoms with E-state index in [1.165, 1.54) is 38.2 Å². The first-order valence-corrected chi connectivity index (χ1v) is 9.97. The van der Waals surface area contributed by atoms with Gasteiger partial charge in [-0.15, -0.1) is 0 Å². The Morgan fingerprint density at radius 1 is 0.621 bits per heavy atom. The van der Waals surface area contributed by atoms with E-state index in [4.69, 9.17) is 4.98 Å². The Hall–Kier alpha value is -3.78. The molecule has 0 radical (unpaired) electrons. The van der Waals surface area contributed by atoms with Crippen molar-refractivity contribution in [1.29, 1.82) is 0 Å². The first-order chi connectivity index (χ1) is 14.3. The van der Waals surface area contributed by atoms with Crippen molar-refractivity contribution in [1.82, 2.24) is 9.97 Å². The van der Waals surface area contributed by atoms with Crippen molar-refractivity contribution < 1.29 is 0 Å². The smallest absolute Gasteiger partial charge is 0.0968 e. The molecule has 6 aromatic rings. The van der Waals surface area contributed by atoms with Crippen molar-refractivity contribution in [2.45, 2.75) is 6.42 Å². The molecule has 0 amide bonds. The van der Waals surface area contributed by atoms with Crippen molar-refractivity contribution in [3.8, 4) is 11.1 Å². The molecular formula is C27H16N2. The second-order valence-electron chi connectivity index (χ2n) is 7.89. The van der Waals surface area contributed by atoms with E-state index < -0.39 is 0 Å². The lowest BCUT2D eigenvalue weighted by atomic mass is 9.95. The van der Waals surface area contributed by atoms with Crippen molar-refractivity contribution in [2.75, 3.05) is 0 Å². The Bertz CT molecular complexity index is 1630. The van der Waals surface area contributed by atoms with Crippen LogP contribution < -0.4 is 0 Å². The maximum atomic E-state index is 5.11. The van der Waals surface area contributed by atoms with Crippen LogP contribution in [0, 0.1) is 0 Å². The van der Waals surface area contributed by atoms with Gasteiger partial charge in [0.15, 0.2) is 0 Å². The molecule has 7 rings (SSSR count). The highest BCUT2D eigenvalue weighted by Gasteiger charge is 2.23. The average Bonchev–Trinajstić information content (AvgIpc) is 3.14. The predicted octanol–water partition coefficient (Wildman–Crippen LogP) is 6.66. The third-order valence-electron chi connectivity index (χ3n) is 6.24. The molecule has 0 N–H and O–H groups in total. The van der Waals surface area contributed by atoms with Crippen LogP contribution in [0.4, 0.5) is 0 Å². The normalized spacial score (nSPS) is 12.7. The lowest BCUT2D eigenvalue weighted by molar-refractivity contribution is 1.15. The van der Waals surface area contributed by atoms with Gasteiger partial charge < -0.3 is 0 Å². The molecule has 1 aliphatic carbocycles. The molecule has 0 aliphatic heterocycles. The van der Waals surface area contributed by atoms with E-state index in [0.29, 0.717) is 0 Å². The molecule has 2 heterocycles. The Labute approximate surface area is 167 Å². The molecule has 0 saturated heterocycles. The molecule has 0 fully saturated rings. The molecule has 0 bridgehead atoms. The zero-order chi connectivity index (χ0) is 18.9. The fourth-order valence-electron chi connectivity index (χ4n) is 4.87. The van der Waals surface area contributed by atoms with Gasteiger partial charge in [0.2, 0.25) is 0 Å². The summed E-state index contributed by atoms with van der Waals surface area (Å²) in [5.41, 5.74) is 7.13. The Morgan fingerprint density at radius 3 is 2.34 bits per heavy atom. The SMILES string of the molecule is c1ccc2cc3c4c(ccc3cc2c1)Cc1nc2c(ccc3cccnc32)cc1-4. The number of nitrogens with zero attached hydrogens (tertiary/aromatic N) is 2. The van der Waals surface area contributed by atoms with Crippen LogP contribution >= 0.6 is 0 Å². The minimum absolute atomic E-state index is 0.882. The van der Waals surface area contributed by atoms with Crippen LogP contribution in [0.2, 0.25) is 0 Å². The molecular weight excluding hydrogens is 352 g/mol. The van der Waals surface area contributed by atoms with Crippen LogP contribution in [-0.2, 0) is 6.42 Å². The fraction of sp³-hybridized carbons (Fsp3) is 0.0370. The van der Waals surface area contributed by atoms with Gasteiger partial charge >= 0.3 is 0 Å². The fourth-order valence-corrected chi connectivity index (χ4v) is 4.87. The number of benzene rings is 4.